The summed E-state index contributed by atoms with van der Waals surface area (Å²) in [5.41, 5.74) is 6.18. The normalized spacial score (nSPS) is 10.2. The van der Waals surface area contributed by atoms with Crippen LogP contribution in [0.15, 0.2) is 61.2 Å². The van der Waals surface area contributed by atoms with E-state index < -0.39 is 11.8 Å². The second-order valence-electron chi connectivity index (χ2n) is 6.11. The van der Waals surface area contributed by atoms with Crippen LogP contribution in [-0.4, -0.2) is 25.0 Å². The van der Waals surface area contributed by atoms with Crippen molar-refractivity contribution in [2.24, 2.45) is 0 Å². The van der Waals surface area contributed by atoms with E-state index in [4.69, 9.17) is 9.47 Å². The summed E-state index contributed by atoms with van der Waals surface area (Å²) in [6.45, 7) is 7.85. The van der Waals surface area contributed by atoms with Crippen LogP contribution in [0.1, 0.15) is 35.7 Å². The monoisotopic (exact) mass is 368 g/mol. The van der Waals surface area contributed by atoms with Gasteiger partial charge < -0.3 is 9.47 Å². The summed E-state index contributed by atoms with van der Waals surface area (Å²) < 4.78 is 10.8. The highest BCUT2D eigenvalue weighted by atomic mass is 16.5. The predicted octanol–water partition coefficient (Wildman–Crippen LogP) is 3.21. The Morgan fingerprint density at radius 1 is 1.04 bits per heavy atom. The van der Waals surface area contributed by atoms with Gasteiger partial charge in [-0.3, -0.25) is 20.4 Å². The molecule has 0 aromatic heterocycles. The van der Waals surface area contributed by atoms with Crippen molar-refractivity contribution in [2.75, 3.05) is 13.2 Å². The molecule has 0 radical (unpaired) electrons. The van der Waals surface area contributed by atoms with Crippen LogP contribution in [0.5, 0.6) is 11.5 Å². The number of hydrogen-bond acceptors (Lipinski definition) is 4. The number of hydrazine groups is 1. The smallest absolute Gasteiger partial charge is 0.276 e. The van der Waals surface area contributed by atoms with Crippen molar-refractivity contribution in [3.05, 3.63) is 72.3 Å². The van der Waals surface area contributed by atoms with E-state index in [0.717, 1.165) is 0 Å². The topological polar surface area (TPSA) is 76.7 Å². The van der Waals surface area contributed by atoms with Crippen LogP contribution in [-0.2, 0) is 4.79 Å². The molecule has 0 atom stereocenters. The minimum absolute atomic E-state index is 0.212. The third kappa shape index (κ3) is 6.18. The van der Waals surface area contributed by atoms with E-state index in [2.05, 4.69) is 31.3 Å². The second kappa shape index (κ2) is 10.0. The Hall–Kier alpha value is -3.28. The molecule has 0 aliphatic rings. The summed E-state index contributed by atoms with van der Waals surface area (Å²) >= 11 is 0. The largest absolute Gasteiger partial charge is 0.489 e. The first kappa shape index (κ1) is 20.0. The van der Waals surface area contributed by atoms with Crippen molar-refractivity contribution in [2.45, 2.75) is 19.8 Å². The maximum atomic E-state index is 12.2. The number of para-hydroxylation sites is 1. The number of carbonyl (C=O) groups is 2. The van der Waals surface area contributed by atoms with Crippen molar-refractivity contribution in [1.29, 1.82) is 0 Å². The molecule has 0 bridgehead atoms. The minimum Gasteiger partial charge on any atom is -0.489 e. The number of benzene rings is 2. The molecular weight excluding hydrogens is 344 g/mol. The zero-order valence-electron chi connectivity index (χ0n) is 15.5. The molecule has 0 saturated heterocycles. The lowest BCUT2D eigenvalue weighted by Crippen LogP contribution is -2.43. The van der Waals surface area contributed by atoms with Gasteiger partial charge in [-0.2, -0.15) is 0 Å². The number of rotatable bonds is 8. The summed E-state index contributed by atoms with van der Waals surface area (Å²) in [5.74, 6) is 0.468. The third-order valence-corrected chi connectivity index (χ3v) is 3.72. The van der Waals surface area contributed by atoms with Crippen molar-refractivity contribution in [3.63, 3.8) is 0 Å². The number of carbonyl (C=O) groups excluding carboxylic acids is 2. The average Bonchev–Trinajstić information content (AvgIpc) is 2.69. The van der Waals surface area contributed by atoms with Crippen molar-refractivity contribution in [3.8, 4) is 11.5 Å². The molecule has 0 saturated carbocycles. The third-order valence-electron chi connectivity index (χ3n) is 3.72. The molecule has 2 amide bonds. The lowest BCUT2D eigenvalue weighted by atomic mass is 10.0. The molecule has 2 rings (SSSR count). The molecule has 6 nitrogen and oxygen atoms in total. The molecule has 2 aromatic carbocycles. The van der Waals surface area contributed by atoms with E-state index in [1.54, 1.807) is 30.3 Å². The molecule has 27 heavy (non-hydrogen) atoms. The summed E-state index contributed by atoms with van der Waals surface area (Å²) in [7, 11) is 0. The number of nitrogens with one attached hydrogen (secondary N) is 2. The summed E-state index contributed by atoms with van der Waals surface area (Å²) in [5, 5.41) is 0. The van der Waals surface area contributed by atoms with Crippen LogP contribution in [0.2, 0.25) is 0 Å². The molecule has 0 aliphatic carbocycles. The second-order valence-corrected chi connectivity index (χ2v) is 6.11. The van der Waals surface area contributed by atoms with Crippen LogP contribution < -0.4 is 20.3 Å². The number of hydrogen-bond donors (Lipinski definition) is 2. The van der Waals surface area contributed by atoms with E-state index in [9.17, 15) is 9.59 Å². The van der Waals surface area contributed by atoms with E-state index in [1.165, 1.54) is 5.56 Å². The van der Waals surface area contributed by atoms with Gasteiger partial charge in [-0.05, 0) is 35.7 Å². The fourth-order valence-corrected chi connectivity index (χ4v) is 2.26. The molecule has 2 aromatic rings. The molecule has 0 spiro atoms. The van der Waals surface area contributed by atoms with Crippen LogP contribution in [0.25, 0.3) is 0 Å². The Bertz CT molecular complexity index is 785. The van der Waals surface area contributed by atoms with E-state index >= 15 is 0 Å². The van der Waals surface area contributed by atoms with Gasteiger partial charge in [0.1, 0.15) is 18.1 Å². The van der Waals surface area contributed by atoms with Crippen LogP contribution in [0.3, 0.4) is 0 Å². The lowest BCUT2D eigenvalue weighted by molar-refractivity contribution is -0.123. The quantitative estimate of drug-likeness (QED) is 0.554. The van der Waals surface area contributed by atoms with E-state index in [0.29, 0.717) is 23.0 Å². The highest BCUT2D eigenvalue weighted by Crippen LogP contribution is 2.19. The van der Waals surface area contributed by atoms with Crippen LogP contribution in [0.4, 0.5) is 0 Å². The standard InChI is InChI=1S/C21H24N2O4/c1-4-13-26-19-8-6-5-7-18(19)21(25)23-22-20(24)14-27-17-11-9-16(10-12-17)15(2)3/h4-12,15H,1,13-14H2,2-3H3,(H,22,24)(H,23,25). The molecular formula is C21H24N2O4. The molecule has 2 N–H and O–H groups in total. The van der Waals surface area contributed by atoms with Crippen molar-refractivity contribution >= 4 is 11.8 Å². The predicted molar refractivity (Wildman–Crippen MR) is 104 cm³/mol. The Kier molecular flexibility index (Phi) is 7.43. The van der Waals surface area contributed by atoms with E-state index in [1.807, 2.05) is 24.3 Å². The molecule has 142 valence electrons. The highest BCUT2D eigenvalue weighted by Gasteiger charge is 2.13. The van der Waals surface area contributed by atoms with Gasteiger partial charge in [0.15, 0.2) is 6.61 Å². The summed E-state index contributed by atoms with van der Waals surface area (Å²) in [6, 6.07) is 14.3. The zero-order valence-corrected chi connectivity index (χ0v) is 15.5. The Labute approximate surface area is 159 Å². The first-order valence-electron chi connectivity index (χ1n) is 8.66. The van der Waals surface area contributed by atoms with Gasteiger partial charge in [-0.25, -0.2) is 0 Å². The maximum absolute atomic E-state index is 12.2. The SMILES string of the molecule is C=CCOc1ccccc1C(=O)NNC(=O)COc1ccc(C(C)C)cc1. The maximum Gasteiger partial charge on any atom is 0.276 e. The molecule has 6 heteroatoms. The van der Waals surface area contributed by atoms with Gasteiger partial charge in [0, 0.05) is 0 Å². The molecule has 0 aliphatic heterocycles. The van der Waals surface area contributed by atoms with Gasteiger partial charge in [-0.15, -0.1) is 0 Å². The Balaban J connectivity index is 1.83. The number of ether oxygens (including phenoxy) is 2. The van der Waals surface area contributed by atoms with Gasteiger partial charge in [0.2, 0.25) is 0 Å². The number of amides is 2. The van der Waals surface area contributed by atoms with Crippen molar-refractivity contribution < 1.29 is 19.1 Å². The summed E-state index contributed by atoms with van der Waals surface area (Å²) in [6.07, 6.45) is 1.58. The first-order valence-corrected chi connectivity index (χ1v) is 8.66. The van der Waals surface area contributed by atoms with Gasteiger partial charge in [-0.1, -0.05) is 50.8 Å². The minimum atomic E-state index is -0.482. The molecule has 0 fully saturated rings. The zero-order chi connectivity index (χ0) is 19.6. The molecule has 0 heterocycles. The fourth-order valence-electron chi connectivity index (χ4n) is 2.26. The van der Waals surface area contributed by atoms with Gasteiger partial charge in [0.25, 0.3) is 11.8 Å². The van der Waals surface area contributed by atoms with Crippen LogP contribution in [0, 0.1) is 0 Å². The van der Waals surface area contributed by atoms with Gasteiger partial charge >= 0.3 is 0 Å². The summed E-state index contributed by atoms with van der Waals surface area (Å²) in [4.78, 5) is 24.1. The van der Waals surface area contributed by atoms with Crippen LogP contribution >= 0.6 is 0 Å². The average molecular weight is 368 g/mol. The Morgan fingerprint density at radius 2 is 1.74 bits per heavy atom. The first-order chi connectivity index (χ1) is 13.0. The lowest BCUT2D eigenvalue weighted by Gasteiger charge is -2.12. The molecule has 0 unspecified atom stereocenters. The highest BCUT2D eigenvalue weighted by molar-refractivity contribution is 5.97. The fraction of sp³-hybridized carbons (Fsp3) is 0.238. The Morgan fingerprint density at radius 3 is 2.41 bits per heavy atom. The van der Waals surface area contributed by atoms with E-state index in [-0.39, 0.29) is 13.2 Å². The van der Waals surface area contributed by atoms with Crippen molar-refractivity contribution in [1.82, 2.24) is 10.9 Å². The van der Waals surface area contributed by atoms with Gasteiger partial charge in [0.05, 0.1) is 5.56 Å².